The van der Waals surface area contributed by atoms with E-state index in [1.807, 2.05) is 0 Å². The number of quaternary nitrogens is 1. The first-order valence-electron chi connectivity index (χ1n) is 2.94. The second-order valence-corrected chi connectivity index (χ2v) is 2.14. The van der Waals surface area contributed by atoms with Gasteiger partial charge in [-0.05, 0) is 6.92 Å². The summed E-state index contributed by atoms with van der Waals surface area (Å²) in [5.74, 6) is -3.71. The smallest absolute Gasteiger partial charge is 0.366 e. The van der Waals surface area contributed by atoms with Crippen LogP contribution in [0.15, 0.2) is 0 Å². The SMILES string of the molecule is C[C@H](C(=O)O)[C@H]([NH2+]O)C(=O)O. The highest BCUT2D eigenvalue weighted by Gasteiger charge is 2.33. The van der Waals surface area contributed by atoms with E-state index in [9.17, 15) is 9.59 Å². The average Bonchev–Trinajstić information content (AvgIpc) is 1.88. The summed E-state index contributed by atoms with van der Waals surface area (Å²) in [5, 5.41) is 25.0. The summed E-state index contributed by atoms with van der Waals surface area (Å²) in [6, 6.07) is -1.34. The molecule has 5 N–H and O–H groups in total. The number of carboxylic acid groups (broad SMARTS) is 2. The van der Waals surface area contributed by atoms with Crippen molar-refractivity contribution >= 4 is 11.9 Å². The summed E-state index contributed by atoms with van der Waals surface area (Å²) >= 11 is 0. The van der Waals surface area contributed by atoms with Crippen LogP contribution in [0.4, 0.5) is 0 Å². The van der Waals surface area contributed by atoms with Crippen molar-refractivity contribution < 1.29 is 30.5 Å². The summed E-state index contributed by atoms with van der Waals surface area (Å²) in [4.78, 5) is 20.4. The first-order valence-corrected chi connectivity index (χ1v) is 2.94. The predicted molar refractivity (Wildman–Crippen MR) is 31.9 cm³/mol. The molecule has 0 aromatic carbocycles. The number of aliphatic carboxylic acids is 2. The molecule has 0 radical (unpaired) electrons. The fraction of sp³-hybridized carbons (Fsp3) is 0.600. The van der Waals surface area contributed by atoms with Crippen LogP contribution in [-0.2, 0) is 9.59 Å². The number of hydrogen-bond acceptors (Lipinski definition) is 3. The molecule has 6 nitrogen and oxygen atoms in total. The molecule has 0 aromatic rings. The molecule has 0 fully saturated rings. The highest BCUT2D eigenvalue weighted by Crippen LogP contribution is 1.98. The van der Waals surface area contributed by atoms with Crippen LogP contribution in [0.3, 0.4) is 0 Å². The number of carbonyl (C=O) groups is 2. The lowest BCUT2D eigenvalue weighted by atomic mass is 10.0. The van der Waals surface area contributed by atoms with Gasteiger partial charge in [-0.15, -0.1) is 0 Å². The Kier molecular flexibility index (Phi) is 3.49. The lowest BCUT2D eigenvalue weighted by Gasteiger charge is -2.09. The number of hydroxylamine groups is 1. The molecule has 0 rings (SSSR count). The van der Waals surface area contributed by atoms with E-state index in [0.717, 1.165) is 0 Å². The summed E-state index contributed by atoms with van der Waals surface area (Å²) in [5.41, 5.74) is 0.376. The van der Waals surface area contributed by atoms with E-state index in [1.165, 1.54) is 6.92 Å². The molecule has 0 heterocycles. The van der Waals surface area contributed by atoms with Crippen LogP contribution >= 0.6 is 0 Å². The Morgan fingerprint density at radius 1 is 1.27 bits per heavy atom. The Morgan fingerprint density at radius 2 is 1.73 bits per heavy atom. The minimum absolute atomic E-state index is 0.376. The van der Waals surface area contributed by atoms with Crippen LogP contribution < -0.4 is 5.48 Å². The zero-order valence-electron chi connectivity index (χ0n) is 5.89. The van der Waals surface area contributed by atoms with Gasteiger partial charge >= 0.3 is 11.9 Å². The van der Waals surface area contributed by atoms with Crippen molar-refractivity contribution in [3.63, 3.8) is 0 Å². The molecule has 64 valence electrons. The highest BCUT2D eigenvalue weighted by molar-refractivity contribution is 5.80. The fourth-order valence-corrected chi connectivity index (χ4v) is 0.560. The molecule has 0 aliphatic heterocycles. The van der Waals surface area contributed by atoms with Crippen LogP contribution in [-0.4, -0.2) is 33.4 Å². The van der Waals surface area contributed by atoms with Crippen molar-refractivity contribution in [3.05, 3.63) is 0 Å². The quantitative estimate of drug-likeness (QED) is 0.363. The van der Waals surface area contributed by atoms with E-state index in [2.05, 4.69) is 0 Å². The minimum atomic E-state index is -1.34. The third-order valence-corrected chi connectivity index (χ3v) is 1.37. The van der Waals surface area contributed by atoms with Crippen molar-refractivity contribution in [1.82, 2.24) is 0 Å². The van der Waals surface area contributed by atoms with Gasteiger partial charge in [-0.1, -0.05) is 0 Å². The molecule has 2 atom stereocenters. The van der Waals surface area contributed by atoms with Crippen LogP contribution in [0.5, 0.6) is 0 Å². The molecule has 6 heteroatoms. The van der Waals surface area contributed by atoms with Crippen LogP contribution in [0, 0.1) is 5.92 Å². The van der Waals surface area contributed by atoms with Crippen LogP contribution in [0.1, 0.15) is 6.92 Å². The van der Waals surface area contributed by atoms with Gasteiger partial charge in [0.25, 0.3) is 0 Å². The van der Waals surface area contributed by atoms with Crippen molar-refractivity contribution in [2.45, 2.75) is 13.0 Å². The largest absolute Gasteiger partial charge is 0.481 e. The molecular weight excluding hydrogens is 154 g/mol. The van der Waals surface area contributed by atoms with Gasteiger partial charge < -0.3 is 10.2 Å². The number of nitrogens with two attached hydrogens (primary N) is 1. The summed E-state index contributed by atoms with van der Waals surface area (Å²) in [6.45, 7) is 1.22. The number of rotatable bonds is 4. The van der Waals surface area contributed by atoms with Crippen LogP contribution in [0.25, 0.3) is 0 Å². The zero-order chi connectivity index (χ0) is 9.02. The summed E-state index contributed by atoms with van der Waals surface area (Å²) < 4.78 is 0. The molecule has 0 bridgehead atoms. The molecule has 0 aliphatic carbocycles. The second-order valence-electron chi connectivity index (χ2n) is 2.14. The van der Waals surface area contributed by atoms with Gasteiger partial charge in [0.05, 0.1) is 0 Å². The van der Waals surface area contributed by atoms with E-state index in [-0.39, 0.29) is 0 Å². The van der Waals surface area contributed by atoms with Crippen LogP contribution in [0.2, 0.25) is 0 Å². The van der Waals surface area contributed by atoms with E-state index >= 15 is 0 Å². The molecule has 0 unspecified atom stereocenters. The summed E-state index contributed by atoms with van der Waals surface area (Å²) in [6.07, 6.45) is 0. The van der Waals surface area contributed by atoms with E-state index in [1.54, 1.807) is 0 Å². The first-order chi connectivity index (χ1) is 5.00. The third kappa shape index (κ3) is 2.52. The molecule has 11 heavy (non-hydrogen) atoms. The predicted octanol–water partition coefficient (Wildman–Crippen LogP) is -1.89. The second kappa shape index (κ2) is 3.89. The lowest BCUT2D eigenvalue weighted by molar-refractivity contribution is -0.904. The Morgan fingerprint density at radius 3 is 1.82 bits per heavy atom. The normalized spacial score (nSPS) is 15.5. The molecular formula is C5H10NO5+. The van der Waals surface area contributed by atoms with E-state index in [0.29, 0.717) is 5.48 Å². The van der Waals surface area contributed by atoms with Crippen molar-refractivity contribution in [3.8, 4) is 0 Å². The zero-order valence-corrected chi connectivity index (χ0v) is 5.89. The highest BCUT2D eigenvalue weighted by atomic mass is 16.5. The van der Waals surface area contributed by atoms with Gasteiger partial charge in [-0.25, -0.2) is 10.0 Å². The molecule has 0 aromatic heterocycles. The van der Waals surface area contributed by atoms with Gasteiger partial charge in [0.2, 0.25) is 6.04 Å². The minimum Gasteiger partial charge on any atom is -0.481 e. The van der Waals surface area contributed by atoms with Gasteiger partial charge in [-0.3, -0.25) is 4.79 Å². The Hall–Kier alpha value is -1.14. The topological polar surface area (TPSA) is 111 Å². The number of carboxylic acids is 2. The lowest BCUT2D eigenvalue weighted by Crippen LogP contribution is -2.91. The Bertz CT molecular complexity index is 168. The Balaban J connectivity index is 4.25. The van der Waals surface area contributed by atoms with Gasteiger partial charge in [-0.2, -0.15) is 5.48 Å². The molecule has 0 aliphatic rings. The number of hydrogen-bond donors (Lipinski definition) is 4. The average molecular weight is 164 g/mol. The van der Waals surface area contributed by atoms with Gasteiger partial charge in [0.15, 0.2) is 0 Å². The third-order valence-electron chi connectivity index (χ3n) is 1.37. The van der Waals surface area contributed by atoms with Gasteiger partial charge in [0.1, 0.15) is 5.92 Å². The maximum absolute atomic E-state index is 10.2. The van der Waals surface area contributed by atoms with Gasteiger partial charge in [0, 0.05) is 0 Å². The molecule has 0 saturated heterocycles. The summed E-state index contributed by atoms with van der Waals surface area (Å²) in [7, 11) is 0. The van der Waals surface area contributed by atoms with Crippen molar-refractivity contribution in [1.29, 1.82) is 0 Å². The van der Waals surface area contributed by atoms with E-state index < -0.39 is 23.9 Å². The van der Waals surface area contributed by atoms with Crippen molar-refractivity contribution in [2.24, 2.45) is 5.92 Å². The van der Waals surface area contributed by atoms with Crippen molar-refractivity contribution in [2.75, 3.05) is 0 Å². The Labute approximate surface area is 62.4 Å². The fourth-order valence-electron chi connectivity index (χ4n) is 0.560. The maximum atomic E-state index is 10.2. The standard InChI is InChI=1S/C5H9NO5/c1-2(4(7)8)3(6-11)5(9)10/h2-3,6,11H,1H3,(H,7,8)(H,9,10)/p+1/t2-,3-/m0/s1. The monoisotopic (exact) mass is 164 g/mol. The maximum Gasteiger partial charge on any atom is 0.366 e. The first kappa shape index (κ1) is 9.86. The molecule has 0 saturated carbocycles. The molecule has 0 amide bonds. The molecule has 0 spiro atoms. The van der Waals surface area contributed by atoms with E-state index in [4.69, 9.17) is 15.4 Å².